The van der Waals surface area contributed by atoms with Crippen molar-refractivity contribution in [2.24, 2.45) is 0 Å². The normalized spacial score (nSPS) is 12.6. The van der Waals surface area contributed by atoms with Gasteiger partial charge in [-0.15, -0.1) is 0 Å². The van der Waals surface area contributed by atoms with Gasteiger partial charge in [-0.05, 0) is 38.5 Å². The Morgan fingerprint density at radius 3 is 0.779 bits per heavy atom. The van der Waals surface area contributed by atoms with E-state index in [1.54, 1.807) is 0 Å². The van der Waals surface area contributed by atoms with Crippen LogP contribution < -0.4 is 5.11 Å². The Morgan fingerprint density at radius 1 is 0.305 bits per heavy atom. The molecule has 0 aliphatic heterocycles. The molecule has 0 fully saturated rings. The van der Waals surface area contributed by atoms with Crippen LogP contribution in [-0.2, 0) is 33.3 Å². The molecule has 9 nitrogen and oxygen atoms in total. The first kappa shape index (κ1) is 93.0. The number of unbranched alkanes of at least 4 members (excludes halogenated alkanes) is 65. The van der Waals surface area contributed by atoms with Crippen LogP contribution in [0.3, 0.4) is 0 Å². The van der Waals surface area contributed by atoms with Gasteiger partial charge in [0.1, 0.15) is 13.2 Å². The van der Waals surface area contributed by atoms with E-state index in [1.807, 2.05) is 21.1 Å². The average Bonchev–Trinajstić information content (AvgIpc) is 3.75. The van der Waals surface area contributed by atoms with Gasteiger partial charge in [-0.25, -0.2) is 0 Å². The lowest BCUT2D eigenvalue weighted by Gasteiger charge is -2.26. The molecule has 9 heteroatoms. The molecule has 564 valence electrons. The van der Waals surface area contributed by atoms with Gasteiger partial charge in [0.25, 0.3) is 0 Å². The molecule has 0 aromatic carbocycles. The van der Waals surface area contributed by atoms with E-state index in [0.717, 1.165) is 38.5 Å². The van der Waals surface area contributed by atoms with Gasteiger partial charge in [0.15, 0.2) is 12.4 Å². The number of hydrogen-bond acceptors (Lipinski definition) is 8. The van der Waals surface area contributed by atoms with Crippen molar-refractivity contribution in [2.75, 3.05) is 47.5 Å². The first-order valence-electron chi connectivity index (χ1n) is 42.8. The minimum absolute atomic E-state index is 0.153. The maximum Gasteiger partial charge on any atom is 0.306 e. The number of rotatable bonds is 82. The Hall–Kier alpha value is -1.97. The van der Waals surface area contributed by atoms with Crippen LogP contribution in [0.15, 0.2) is 12.2 Å². The molecule has 0 heterocycles. The number of quaternary nitrogens is 1. The fraction of sp³-hybridized carbons (Fsp3) is 0.942. The first-order valence-corrected chi connectivity index (χ1v) is 42.8. The number of nitrogens with zero attached hydrogens (tertiary/aromatic N) is 1. The highest BCUT2D eigenvalue weighted by Crippen LogP contribution is 2.21. The summed E-state index contributed by atoms with van der Waals surface area (Å²) in [5, 5.41) is 11.9. The van der Waals surface area contributed by atoms with E-state index in [4.69, 9.17) is 18.9 Å². The third-order valence-electron chi connectivity index (χ3n) is 20.0. The number of carbonyl (C=O) groups is 3. The molecule has 0 rings (SSSR count). The molecule has 0 aromatic rings. The topological polar surface area (TPSA) is 111 Å². The van der Waals surface area contributed by atoms with Crippen LogP contribution in [0.1, 0.15) is 463 Å². The highest BCUT2D eigenvalue weighted by Gasteiger charge is 2.22. The van der Waals surface area contributed by atoms with Gasteiger partial charge in [-0.1, -0.05) is 424 Å². The number of carboxylic acids is 1. The zero-order valence-corrected chi connectivity index (χ0v) is 64.8. The average molecular weight is 1340 g/mol. The maximum absolute atomic E-state index is 13.0. The van der Waals surface area contributed by atoms with E-state index >= 15 is 0 Å². The van der Waals surface area contributed by atoms with Gasteiger partial charge < -0.3 is 33.3 Å². The molecular weight excluding hydrogens is 1170 g/mol. The molecule has 0 saturated carbocycles. The molecular formula is C86H167NO8. The summed E-state index contributed by atoms with van der Waals surface area (Å²) in [5.74, 6) is -2.24. The van der Waals surface area contributed by atoms with Gasteiger partial charge >= 0.3 is 11.9 Å². The van der Waals surface area contributed by atoms with E-state index < -0.39 is 24.3 Å². The molecule has 0 aromatic heterocycles. The summed E-state index contributed by atoms with van der Waals surface area (Å²) in [6, 6.07) is 0. The van der Waals surface area contributed by atoms with Crippen LogP contribution in [-0.4, -0.2) is 82.3 Å². The number of esters is 2. The summed E-state index contributed by atoms with van der Waals surface area (Å²) in [5.41, 5.74) is 0. The zero-order chi connectivity index (χ0) is 69.0. The fourth-order valence-electron chi connectivity index (χ4n) is 13.5. The number of ether oxygens (including phenoxy) is 4. The molecule has 0 aliphatic carbocycles. The predicted molar refractivity (Wildman–Crippen MR) is 408 cm³/mol. The second-order valence-electron chi connectivity index (χ2n) is 30.8. The summed E-state index contributed by atoms with van der Waals surface area (Å²) in [4.78, 5) is 37.6. The van der Waals surface area contributed by atoms with Crippen LogP contribution in [0.5, 0.6) is 0 Å². The lowest BCUT2D eigenvalue weighted by molar-refractivity contribution is -0.870. The van der Waals surface area contributed by atoms with E-state index in [9.17, 15) is 19.5 Å². The van der Waals surface area contributed by atoms with Gasteiger partial charge in [0.05, 0.1) is 40.3 Å². The van der Waals surface area contributed by atoms with E-state index in [2.05, 4.69) is 26.0 Å². The number of carbonyl (C=O) groups excluding carboxylic acids is 3. The number of likely N-dealkylation sites (N-methyl/N-ethyl adjacent to an activating group) is 1. The largest absolute Gasteiger partial charge is 0.545 e. The number of hydrogen-bond donors (Lipinski definition) is 0. The lowest BCUT2D eigenvalue weighted by Crippen LogP contribution is -2.44. The molecule has 2 unspecified atom stereocenters. The van der Waals surface area contributed by atoms with Crippen molar-refractivity contribution < 1.29 is 42.9 Å². The van der Waals surface area contributed by atoms with Crippen LogP contribution in [0, 0.1) is 0 Å². The Labute approximate surface area is 593 Å². The molecule has 0 saturated heterocycles. The fourth-order valence-corrected chi connectivity index (χ4v) is 13.5. The van der Waals surface area contributed by atoms with Crippen LogP contribution in [0.25, 0.3) is 0 Å². The van der Waals surface area contributed by atoms with Gasteiger partial charge in [-0.2, -0.15) is 0 Å². The van der Waals surface area contributed by atoms with E-state index in [-0.39, 0.29) is 32.2 Å². The molecule has 0 radical (unpaired) electrons. The Kier molecular flexibility index (Phi) is 76.1. The molecule has 2 atom stereocenters. The standard InChI is InChI=1S/C86H167NO8/c1-6-8-10-12-14-16-18-20-22-24-26-28-30-32-34-36-38-40-41-42-43-45-47-49-51-53-55-57-59-61-63-65-67-69-71-73-75-77-84(89)95-82(81-94-86(85(90)91)92-79-78-87(3,4)5)80-93-83(88)76-74-72-70-68-66-64-62-60-58-56-54-52-50-48-46-44-39-37-35-33-31-29-27-25-23-21-19-17-15-13-11-9-7-2/h24,26,82,86H,6-23,25,27-81H2,1-5H3/b26-24-. The maximum atomic E-state index is 13.0. The van der Waals surface area contributed by atoms with Gasteiger partial charge in [0.2, 0.25) is 0 Å². The van der Waals surface area contributed by atoms with Crippen LogP contribution in [0.4, 0.5) is 0 Å². The van der Waals surface area contributed by atoms with E-state index in [0.29, 0.717) is 17.4 Å². The van der Waals surface area contributed by atoms with Crippen molar-refractivity contribution in [3.63, 3.8) is 0 Å². The molecule has 0 aliphatic rings. The zero-order valence-electron chi connectivity index (χ0n) is 64.8. The summed E-state index contributed by atoms with van der Waals surface area (Å²) >= 11 is 0. The Morgan fingerprint density at radius 2 is 0.537 bits per heavy atom. The third kappa shape index (κ3) is 79.2. The third-order valence-corrected chi connectivity index (χ3v) is 20.0. The highest BCUT2D eigenvalue weighted by molar-refractivity contribution is 5.70. The minimum atomic E-state index is -1.62. The summed E-state index contributed by atoms with van der Waals surface area (Å²) < 4.78 is 22.9. The molecule has 0 bridgehead atoms. The van der Waals surface area contributed by atoms with Gasteiger partial charge in [-0.3, -0.25) is 9.59 Å². The lowest BCUT2D eigenvalue weighted by atomic mass is 10.0. The van der Waals surface area contributed by atoms with Crippen LogP contribution >= 0.6 is 0 Å². The van der Waals surface area contributed by atoms with Crippen molar-refractivity contribution >= 4 is 17.9 Å². The second kappa shape index (κ2) is 77.8. The summed E-state index contributed by atoms with van der Waals surface area (Å²) in [7, 11) is 5.96. The predicted octanol–water partition coefficient (Wildman–Crippen LogP) is 26.2. The molecule has 0 spiro atoms. The number of allylic oxidation sites excluding steroid dienone is 2. The SMILES string of the molecule is CCCCCCCCCC/C=C\CCCCCCCCCCCCCCCCCCCCCCCCCCCC(=O)OC(COC(=O)CCCCCCCCCCCCCCCCCCCCCCCCCCCCCCCCCCC)COC(OCC[N+](C)(C)C)C(=O)[O-]. The smallest absolute Gasteiger partial charge is 0.306 e. The Balaban J connectivity index is 3.91. The number of aliphatic carboxylic acids is 1. The molecule has 0 amide bonds. The summed E-state index contributed by atoms with van der Waals surface area (Å²) in [6.45, 7) is 4.85. The van der Waals surface area contributed by atoms with Crippen molar-refractivity contribution in [3.05, 3.63) is 12.2 Å². The second-order valence-corrected chi connectivity index (χ2v) is 30.8. The Bertz CT molecular complexity index is 1560. The van der Waals surface area contributed by atoms with E-state index in [1.165, 1.54) is 398 Å². The number of carboxylic acid groups (broad SMARTS) is 1. The van der Waals surface area contributed by atoms with Crippen molar-refractivity contribution in [2.45, 2.75) is 476 Å². The summed E-state index contributed by atoms with van der Waals surface area (Å²) in [6.07, 6.45) is 95.2. The van der Waals surface area contributed by atoms with Gasteiger partial charge in [0, 0.05) is 12.8 Å². The van der Waals surface area contributed by atoms with Crippen molar-refractivity contribution in [1.82, 2.24) is 0 Å². The first-order chi connectivity index (χ1) is 46.6. The quantitative estimate of drug-likeness (QED) is 0.0195. The highest BCUT2D eigenvalue weighted by atomic mass is 16.7. The van der Waals surface area contributed by atoms with Crippen molar-refractivity contribution in [1.29, 1.82) is 0 Å². The van der Waals surface area contributed by atoms with Crippen LogP contribution in [0.2, 0.25) is 0 Å². The molecule has 0 N–H and O–H groups in total. The minimum Gasteiger partial charge on any atom is -0.545 e. The monoisotopic (exact) mass is 1340 g/mol. The van der Waals surface area contributed by atoms with Crippen molar-refractivity contribution in [3.8, 4) is 0 Å². The molecule has 95 heavy (non-hydrogen) atoms.